The first kappa shape index (κ1) is 11.8. The van der Waals surface area contributed by atoms with Gasteiger partial charge in [-0.25, -0.2) is 0 Å². The van der Waals surface area contributed by atoms with Crippen molar-refractivity contribution in [1.82, 2.24) is 10.1 Å². The molecule has 3 rings (SSSR count). The van der Waals surface area contributed by atoms with Crippen LogP contribution < -0.4 is 0 Å². The second kappa shape index (κ2) is 4.80. The Morgan fingerprint density at radius 2 is 2.22 bits per heavy atom. The van der Waals surface area contributed by atoms with Crippen LogP contribution in [0.2, 0.25) is 0 Å². The zero-order chi connectivity index (χ0) is 12.5. The quantitative estimate of drug-likeness (QED) is 0.803. The molecule has 0 amide bonds. The maximum Gasteiger partial charge on any atom is 0.239 e. The van der Waals surface area contributed by atoms with Crippen LogP contribution in [0.5, 0.6) is 0 Å². The molecule has 0 radical (unpaired) electrons. The first-order valence-electron chi connectivity index (χ1n) is 6.68. The molecule has 1 saturated heterocycles. The van der Waals surface area contributed by atoms with E-state index in [-0.39, 0.29) is 11.7 Å². The summed E-state index contributed by atoms with van der Waals surface area (Å²) in [6, 6.07) is 0. The van der Waals surface area contributed by atoms with Crippen molar-refractivity contribution < 1.29 is 14.1 Å². The van der Waals surface area contributed by atoms with E-state index in [4.69, 9.17) is 9.26 Å². The van der Waals surface area contributed by atoms with Gasteiger partial charge in [-0.1, -0.05) is 12.1 Å². The Morgan fingerprint density at radius 1 is 1.33 bits per heavy atom. The minimum atomic E-state index is -0.348. The number of hydrogen-bond acceptors (Lipinski definition) is 5. The van der Waals surface area contributed by atoms with Gasteiger partial charge in [0.05, 0.1) is 13.2 Å². The fourth-order valence-corrected chi connectivity index (χ4v) is 2.85. The van der Waals surface area contributed by atoms with E-state index >= 15 is 0 Å². The number of ketones is 1. The number of Topliss-reactive ketones (excluding diaryl/α,β-unsaturated/α-hetero) is 1. The number of carbonyl (C=O) groups excluding carboxylic acids is 1. The SMILES string of the molecule is CC1CCC(c2noc(C3COCCC3=O)n2)C1. The molecule has 0 bridgehead atoms. The Bertz CT molecular complexity index is 443. The van der Waals surface area contributed by atoms with Crippen molar-refractivity contribution in [3.8, 4) is 0 Å². The first-order valence-corrected chi connectivity index (χ1v) is 6.68. The highest BCUT2D eigenvalue weighted by atomic mass is 16.5. The van der Waals surface area contributed by atoms with Gasteiger partial charge in [0.25, 0.3) is 0 Å². The normalized spacial score (nSPS) is 32.9. The summed E-state index contributed by atoms with van der Waals surface area (Å²) in [4.78, 5) is 16.2. The number of aromatic nitrogens is 2. The predicted octanol–water partition coefficient (Wildman–Crippen LogP) is 2.05. The molecule has 1 aromatic rings. The molecule has 1 aromatic heterocycles. The van der Waals surface area contributed by atoms with Crippen molar-refractivity contribution in [2.24, 2.45) is 5.92 Å². The zero-order valence-corrected chi connectivity index (χ0v) is 10.6. The van der Waals surface area contributed by atoms with Crippen molar-refractivity contribution in [3.63, 3.8) is 0 Å². The molecule has 18 heavy (non-hydrogen) atoms. The highest BCUT2D eigenvalue weighted by Crippen LogP contribution is 2.37. The van der Waals surface area contributed by atoms with Gasteiger partial charge in [0.1, 0.15) is 11.7 Å². The molecule has 2 aliphatic rings. The van der Waals surface area contributed by atoms with Crippen LogP contribution in [0.3, 0.4) is 0 Å². The van der Waals surface area contributed by atoms with Crippen LogP contribution in [-0.2, 0) is 9.53 Å². The molecule has 3 atom stereocenters. The van der Waals surface area contributed by atoms with Crippen LogP contribution in [-0.4, -0.2) is 29.1 Å². The van der Waals surface area contributed by atoms with Gasteiger partial charge >= 0.3 is 0 Å². The van der Waals surface area contributed by atoms with E-state index in [0.29, 0.717) is 31.4 Å². The first-order chi connectivity index (χ1) is 8.74. The lowest BCUT2D eigenvalue weighted by atomic mass is 10.0. The van der Waals surface area contributed by atoms with Crippen LogP contribution in [0.25, 0.3) is 0 Å². The molecule has 5 heteroatoms. The maximum atomic E-state index is 11.8. The second-order valence-electron chi connectivity index (χ2n) is 5.45. The summed E-state index contributed by atoms with van der Waals surface area (Å²) in [6.45, 7) is 3.14. The van der Waals surface area contributed by atoms with E-state index in [0.717, 1.165) is 24.6 Å². The van der Waals surface area contributed by atoms with E-state index in [1.54, 1.807) is 0 Å². The summed E-state index contributed by atoms with van der Waals surface area (Å²) in [5.74, 6) is 2.14. The summed E-state index contributed by atoms with van der Waals surface area (Å²) in [5, 5.41) is 4.05. The predicted molar refractivity (Wildman–Crippen MR) is 63.2 cm³/mol. The van der Waals surface area contributed by atoms with E-state index in [1.165, 1.54) is 6.42 Å². The highest BCUT2D eigenvalue weighted by molar-refractivity contribution is 5.85. The molecule has 5 nitrogen and oxygen atoms in total. The summed E-state index contributed by atoms with van der Waals surface area (Å²) in [5.41, 5.74) is 0. The zero-order valence-electron chi connectivity index (χ0n) is 10.6. The summed E-state index contributed by atoms with van der Waals surface area (Å²) < 4.78 is 10.6. The number of hydrogen-bond donors (Lipinski definition) is 0. The fourth-order valence-electron chi connectivity index (χ4n) is 2.85. The smallest absolute Gasteiger partial charge is 0.239 e. The summed E-state index contributed by atoms with van der Waals surface area (Å²) >= 11 is 0. The van der Waals surface area contributed by atoms with Crippen LogP contribution in [0.4, 0.5) is 0 Å². The van der Waals surface area contributed by atoms with Gasteiger partial charge in [-0.2, -0.15) is 4.98 Å². The highest BCUT2D eigenvalue weighted by Gasteiger charge is 2.32. The lowest BCUT2D eigenvalue weighted by Gasteiger charge is -2.17. The Labute approximate surface area is 106 Å². The number of ether oxygens (including phenoxy) is 1. The van der Waals surface area contributed by atoms with E-state index in [9.17, 15) is 4.79 Å². The molecule has 2 fully saturated rings. The van der Waals surface area contributed by atoms with Gasteiger partial charge < -0.3 is 9.26 Å². The molecule has 0 spiro atoms. The molecule has 1 saturated carbocycles. The largest absolute Gasteiger partial charge is 0.380 e. The average Bonchev–Trinajstić information content (AvgIpc) is 2.98. The number of nitrogens with zero attached hydrogens (tertiary/aromatic N) is 2. The van der Waals surface area contributed by atoms with Gasteiger partial charge in [-0.15, -0.1) is 0 Å². The summed E-state index contributed by atoms with van der Waals surface area (Å²) in [6.07, 6.45) is 3.91. The standard InChI is InChI=1S/C13H18N2O3/c1-8-2-3-9(6-8)12-14-13(18-15-12)10-7-17-5-4-11(10)16/h8-10H,2-7H2,1H3. The minimum absolute atomic E-state index is 0.149. The van der Waals surface area contributed by atoms with E-state index in [2.05, 4.69) is 17.1 Å². The molecule has 3 unspecified atom stereocenters. The van der Waals surface area contributed by atoms with E-state index < -0.39 is 0 Å². The number of rotatable bonds is 2. The molecule has 0 aromatic carbocycles. The van der Waals surface area contributed by atoms with E-state index in [1.807, 2.05) is 0 Å². The molecule has 2 heterocycles. The van der Waals surface area contributed by atoms with Gasteiger partial charge in [0.2, 0.25) is 5.89 Å². The Hall–Kier alpha value is -1.23. The van der Waals surface area contributed by atoms with Crippen LogP contribution >= 0.6 is 0 Å². The van der Waals surface area contributed by atoms with Gasteiger partial charge in [0, 0.05) is 12.3 Å². The van der Waals surface area contributed by atoms with Crippen molar-refractivity contribution in [1.29, 1.82) is 0 Å². The molecule has 0 N–H and O–H groups in total. The molecule has 98 valence electrons. The van der Waals surface area contributed by atoms with Crippen molar-refractivity contribution in [3.05, 3.63) is 11.7 Å². The monoisotopic (exact) mass is 250 g/mol. The second-order valence-corrected chi connectivity index (χ2v) is 5.45. The number of carbonyl (C=O) groups is 1. The third-order valence-corrected chi connectivity index (χ3v) is 3.98. The fraction of sp³-hybridized carbons (Fsp3) is 0.769. The Balaban J connectivity index is 1.74. The maximum absolute atomic E-state index is 11.8. The molecular weight excluding hydrogens is 232 g/mol. The van der Waals surface area contributed by atoms with Crippen LogP contribution in [0, 0.1) is 5.92 Å². The summed E-state index contributed by atoms with van der Waals surface area (Å²) in [7, 11) is 0. The van der Waals surface area contributed by atoms with Gasteiger partial charge in [-0.3, -0.25) is 4.79 Å². The van der Waals surface area contributed by atoms with Crippen molar-refractivity contribution in [2.45, 2.75) is 44.4 Å². The Kier molecular flexibility index (Phi) is 3.16. The van der Waals surface area contributed by atoms with Gasteiger partial charge in [0.15, 0.2) is 5.82 Å². The molecule has 1 aliphatic carbocycles. The van der Waals surface area contributed by atoms with Crippen molar-refractivity contribution >= 4 is 5.78 Å². The molecular formula is C13H18N2O3. The van der Waals surface area contributed by atoms with Crippen molar-refractivity contribution in [2.75, 3.05) is 13.2 Å². The lowest BCUT2D eigenvalue weighted by Crippen LogP contribution is -2.25. The molecule has 1 aliphatic heterocycles. The van der Waals surface area contributed by atoms with Gasteiger partial charge in [-0.05, 0) is 25.2 Å². The lowest BCUT2D eigenvalue weighted by molar-refractivity contribution is -0.127. The topological polar surface area (TPSA) is 65.2 Å². The van der Waals surface area contributed by atoms with Crippen LogP contribution in [0.1, 0.15) is 56.2 Å². The third-order valence-electron chi connectivity index (χ3n) is 3.98. The average molecular weight is 250 g/mol. The van der Waals surface area contributed by atoms with Crippen LogP contribution in [0.15, 0.2) is 4.52 Å². The minimum Gasteiger partial charge on any atom is -0.380 e. The third kappa shape index (κ3) is 2.19. The Morgan fingerprint density at radius 3 is 2.94 bits per heavy atom.